The highest BCUT2D eigenvalue weighted by molar-refractivity contribution is 5.75. The molecule has 0 aliphatic heterocycles. The summed E-state index contributed by atoms with van der Waals surface area (Å²) in [5, 5.41) is 0. The Morgan fingerprint density at radius 2 is 2.00 bits per heavy atom. The number of ketones is 1. The molecule has 0 spiro atoms. The van der Waals surface area contributed by atoms with Crippen LogP contribution in [0.5, 0.6) is 0 Å². The minimum Gasteiger partial charge on any atom is -0.300 e. The predicted molar refractivity (Wildman–Crippen MR) is 72.0 cm³/mol. The first kappa shape index (κ1) is 12.1. The van der Waals surface area contributed by atoms with E-state index in [9.17, 15) is 4.79 Å². The van der Waals surface area contributed by atoms with E-state index in [4.69, 9.17) is 0 Å². The molecule has 1 heteroatoms. The fraction of sp³-hybridized carbons (Fsp3) is 0.438. The molecular weight excluding hydrogens is 208 g/mol. The van der Waals surface area contributed by atoms with Crippen LogP contribution in [0.15, 0.2) is 24.3 Å². The van der Waals surface area contributed by atoms with Gasteiger partial charge in [0.15, 0.2) is 0 Å². The maximum atomic E-state index is 10.8. The molecule has 0 atom stereocenters. The Hall–Kier alpha value is -1.37. The number of aryl methyl sites for hydroxylation is 2. The highest BCUT2D eigenvalue weighted by Crippen LogP contribution is 2.22. The van der Waals surface area contributed by atoms with Gasteiger partial charge in [0.25, 0.3) is 0 Å². The van der Waals surface area contributed by atoms with Gasteiger partial charge in [-0.15, -0.1) is 0 Å². The number of hydrogen-bond acceptors (Lipinski definition) is 1. The molecule has 1 aromatic carbocycles. The van der Waals surface area contributed by atoms with E-state index >= 15 is 0 Å². The fourth-order valence-electron chi connectivity index (χ4n) is 2.36. The Morgan fingerprint density at radius 3 is 2.76 bits per heavy atom. The lowest BCUT2D eigenvalue weighted by Gasteiger charge is -2.15. The molecule has 0 N–H and O–H groups in total. The highest BCUT2D eigenvalue weighted by atomic mass is 16.1. The molecular formula is C16H20O. The summed E-state index contributed by atoms with van der Waals surface area (Å²) in [7, 11) is 0. The van der Waals surface area contributed by atoms with Crippen molar-refractivity contribution >= 4 is 11.9 Å². The molecule has 0 heterocycles. The quantitative estimate of drug-likeness (QED) is 0.762. The topological polar surface area (TPSA) is 17.1 Å². The molecule has 17 heavy (non-hydrogen) atoms. The van der Waals surface area contributed by atoms with Crippen LogP contribution < -0.4 is 0 Å². The number of Topliss-reactive ketones (excluding diaryl/α,β-unsaturated/α-hetero) is 1. The number of carbonyl (C=O) groups excluding carboxylic acids is 1. The summed E-state index contributed by atoms with van der Waals surface area (Å²) in [6.07, 6.45) is 10.9. The zero-order chi connectivity index (χ0) is 12.1. The van der Waals surface area contributed by atoms with Gasteiger partial charge in [-0.1, -0.05) is 30.4 Å². The predicted octanol–water partition coefficient (Wildman–Crippen LogP) is 3.95. The maximum absolute atomic E-state index is 10.8. The third-order valence-corrected chi connectivity index (χ3v) is 3.35. The van der Waals surface area contributed by atoms with Crippen molar-refractivity contribution in [1.29, 1.82) is 0 Å². The SMILES string of the molecule is CC(=O)CC/C=C/c1ccc2c(c1)CCCC2. The van der Waals surface area contributed by atoms with E-state index in [1.807, 2.05) is 0 Å². The average molecular weight is 228 g/mol. The Balaban J connectivity index is 1.99. The lowest BCUT2D eigenvalue weighted by atomic mass is 9.90. The smallest absolute Gasteiger partial charge is 0.130 e. The normalized spacial score (nSPS) is 14.9. The highest BCUT2D eigenvalue weighted by Gasteiger charge is 2.08. The van der Waals surface area contributed by atoms with Crippen molar-refractivity contribution in [3.63, 3.8) is 0 Å². The van der Waals surface area contributed by atoms with Crippen molar-refractivity contribution in [3.8, 4) is 0 Å². The van der Waals surface area contributed by atoms with Gasteiger partial charge in [-0.2, -0.15) is 0 Å². The molecule has 0 amide bonds. The van der Waals surface area contributed by atoms with Crippen LogP contribution in [0, 0.1) is 0 Å². The standard InChI is InChI=1S/C16H20O/c1-13(17)6-2-3-7-14-10-11-15-8-4-5-9-16(15)12-14/h3,7,10-12H,2,4-6,8-9H2,1H3/b7-3+. The number of hydrogen-bond donors (Lipinski definition) is 0. The number of carbonyl (C=O) groups is 1. The molecule has 1 aliphatic carbocycles. The van der Waals surface area contributed by atoms with Crippen LogP contribution in [0.25, 0.3) is 6.08 Å². The summed E-state index contributed by atoms with van der Waals surface area (Å²) < 4.78 is 0. The number of benzene rings is 1. The van der Waals surface area contributed by atoms with Gasteiger partial charge in [0.1, 0.15) is 5.78 Å². The van der Waals surface area contributed by atoms with Gasteiger partial charge in [0, 0.05) is 6.42 Å². The second-order valence-electron chi connectivity index (χ2n) is 4.88. The van der Waals surface area contributed by atoms with Crippen molar-refractivity contribution in [1.82, 2.24) is 0 Å². The lowest BCUT2D eigenvalue weighted by Crippen LogP contribution is -2.02. The van der Waals surface area contributed by atoms with Gasteiger partial charge in [-0.25, -0.2) is 0 Å². The molecule has 0 saturated heterocycles. The molecule has 0 radical (unpaired) electrons. The van der Waals surface area contributed by atoms with Crippen molar-refractivity contribution in [2.45, 2.75) is 45.4 Å². The number of allylic oxidation sites excluding steroid dienone is 1. The van der Waals surface area contributed by atoms with E-state index in [0.717, 1.165) is 6.42 Å². The first-order valence-corrected chi connectivity index (χ1v) is 6.53. The van der Waals surface area contributed by atoms with Crippen LogP contribution in [0.4, 0.5) is 0 Å². The van der Waals surface area contributed by atoms with Crippen molar-refractivity contribution in [2.75, 3.05) is 0 Å². The lowest BCUT2D eigenvalue weighted by molar-refractivity contribution is -0.116. The molecule has 0 unspecified atom stereocenters. The third kappa shape index (κ3) is 3.55. The number of fused-ring (bicyclic) bond motifs is 1. The van der Waals surface area contributed by atoms with Crippen molar-refractivity contribution < 1.29 is 4.79 Å². The Morgan fingerprint density at radius 1 is 1.24 bits per heavy atom. The summed E-state index contributed by atoms with van der Waals surface area (Å²) in [5.74, 6) is 0.264. The van der Waals surface area contributed by atoms with E-state index < -0.39 is 0 Å². The largest absolute Gasteiger partial charge is 0.300 e. The molecule has 1 aromatic rings. The summed E-state index contributed by atoms with van der Waals surface area (Å²) in [5.41, 5.74) is 4.32. The molecule has 0 saturated carbocycles. The van der Waals surface area contributed by atoms with Crippen LogP contribution in [-0.4, -0.2) is 5.78 Å². The van der Waals surface area contributed by atoms with Gasteiger partial charge < -0.3 is 4.79 Å². The number of rotatable bonds is 4. The molecule has 1 nitrogen and oxygen atoms in total. The maximum Gasteiger partial charge on any atom is 0.130 e. The van der Waals surface area contributed by atoms with Gasteiger partial charge >= 0.3 is 0 Å². The monoisotopic (exact) mass is 228 g/mol. The summed E-state index contributed by atoms with van der Waals surface area (Å²) in [4.78, 5) is 10.8. The third-order valence-electron chi connectivity index (χ3n) is 3.35. The van der Waals surface area contributed by atoms with Gasteiger partial charge in [-0.3, -0.25) is 0 Å². The minimum atomic E-state index is 0.264. The average Bonchev–Trinajstić information content (AvgIpc) is 2.34. The van der Waals surface area contributed by atoms with Gasteiger partial charge in [-0.05, 0) is 55.7 Å². The summed E-state index contributed by atoms with van der Waals surface area (Å²) in [6, 6.07) is 6.76. The van der Waals surface area contributed by atoms with Crippen LogP contribution >= 0.6 is 0 Å². The Bertz CT molecular complexity index is 429. The van der Waals surface area contributed by atoms with Crippen LogP contribution in [0.2, 0.25) is 0 Å². The minimum absolute atomic E-state index is 0.264. The first-order valence-electron chi connectivity index (χ1n) is 6.53. The molecule has 90 valence electrons. The Labute approximate surface area is 104 Å². The fourth-order valence-corrected chi connectivity index (χ4v) is 2.36. The van der Waals surface area contributed by atoms with E-state index in [1.54, 1.807) is 6.92 Å². The van der Waals surface area contributed by atoms with E-state index in [2.05, 4.69) is 30.4 Å². The van der Waals surface area contributed by atoms with Gasteiger partial charge in [0.05, 0.1) is 0 Å². The van der Waals surface area contributed by atoms with Crippen molar-refractivity contribution in [2.24, 2.45) is 0 Å². The summed E-state index contributed by atoms with van der Waals surface area (Å²) >= 11 is 0. The summed E-state index contributed by atoms with van der Waals surface area (Å²) in [6.45, 7) is 1.65. The van der Waals surface area contributed by atoms with Crippen LogP contribution in [0.3, 0.4) is 0 Å². The van der Waals surface area contributed by atoms with Crippen molar-refractivity contribution in [3.05, 3.63) is 41.0 Å². The zero-order valence-corrected chi connectivity index (χ0v) is 10.5. The second-order valence-corrected chi connectivity index (χ2v) is 4.88. The molecule has 0 bridgehead atoms. The first-order chi connectivity index (χ1) is 8.25. The van der Waals surface area contributed by atoms with Gasteiger partial charge in [0.2, 0.25) is 0 Å². The van der Waals surface area contributed by atoms with E-state index in [-0.39, 0.29) is 5.78 Å². The van der Waals surface area contributed by atoms with Crippen LogP contribution in [-0.2, 0) is 17.6 Å². The molecule has 0 fully saturated rings. The zero-order valence-electron chi connectivity index (χ0n) is 10.5. The van der Waals surface area contributed by atoms with E-state index in [0.29, 0.717) is 6.42 Å². The molecule has 1 aliphatic rings. The Kier molecular flexibility index (Phi) is 4.13. The van der Waals surface area contributed by atoms with Crippen LogP contribution in [0.1, 0.15) is 49.3 Å². The molecule has 0 aromatic heterocycles. The molecule has 2 rings (SSSR count). The second kappa shape index (κ2) is 5.81. The van der Waals surface area contributed by atoms with E-state index in [1.165, 1.54) is 42.4 Å².